The van der Waals surface area contributed by atoms with Gasteiger partial charge >= 0.3 is 0 Å². The van der Waals surface area contributed by atoms with Crippen molar-refractivity contribution in [2.45, 2.75) is 32.7 Å². The normalized spacial score (nSPS) is 13.7. The average Bonchev–Trinajstić information content (AvgIpc) is 2.80. The van der Waals surface area contributed by atoms with Crippen molar-refractivity contribution < 1.29 is 9.90 Å². The van der Waals surface area contributed by atoms with Crippen molar-refractivity contribution in [3.63, 3.8) is 0 Å². The summed E-state index contributed by atoms with van der Waals surface area (Å²) in [7, 11) is 0. The van der Waals surface area contributed by atoms with Gasteiger partial charge < -0.3 is 10.4 Å². The number of carbonyl (C=O) groups excluding carboxylic acids is 1. The molecule has 3 N–H and O–H groups in total. The van der Waals surface area contributed by atoms with E-state index in [4.69, 9.17) is 0 Å². The maximum Gasteiger partial charge on any atom is 0.225 e. The van der Waals surface area contributed by atoms with Crippen LogP contribution in [-0.2, 0) is 16.8 Å². The van der Waals surface area contributed by atoms with E-state index >= 15 is 0 Å². The lowest BCUT2D eigenvalue weighted by Crippen LogP contribution is -2.47. The Balaban J connectivity index is 2.14. The predicted molar refractivity (Wildman–Crippen MR) is 80.8 cm³/mol. The zero-order valence-corrected chi connectivity index (χ0v) is 12.6. The highest BCUT2D eigenvalue weighted by Gasteiger charge is 2.28. The second kappa shape index (κ2) is 6.10. The SMILES string of the molecule is Cc1n[nH]c(C)c1CC(=O)NC(C)(CO)c1ccccc1. The van der Waals surface area contributed by atoms with Crippen molar-refractivity contribution in [3.8, 4) is 0 Å². The Kier molecular flexibility index (Phi) is 4.43. The molecule has 0 aliphatic carbocycles. The average molecular weight is 287 g/mol. The van der Waals surface area contributed by atoms with E-state index in [-0.39, 0.29) is 18.9 Å². The number of nitrogens with zero attached hydrogens (tertiary/aromatic N) is 1. The number of hydrogen-bond acceptors (Lipinski definition) is 3. The molecule has 0 saturated heterocycles. The van der Waals surface area contributed by atoms with Gasteiger partial charge in [-0.25, -0.2) is 0 Å². The molecule has 2 rings (SSSR count). The summed E-state index contributed by atoms with van der Waals surface area (Å²) in [6.07, 6.45) is 0.247. The lowest BCUT2D eigenvalue weighted by molar-refractivity contribution is -0.122. The molecule has 1 aromatic heterocycles. The number of benzene rings is 1. The van der Waals surface area contributed by atoms with Crippen LogP contribution in [0.25, 0.3) is 0 Å². The first-order valence-corrected chi connectivity index (χ1v) is 6.94. The van der Waals surface area contributed by atoms with Crippen molar-refractivity contribution in [2.24, 2.45) is 0 Å². The Morgan fingerprint density at radius 2 is 2.00 bits per heavy atom. The molecule has 0 fully saturated rings. The van der Waals surface area contributed by atoms with Crippen LogP contribution in [0.5, 0.6) is 0 Å². The molecule has 1 amide bonds. The molecule has 112 valence electrons. The topological polar surface area (TPSA) is 78.0 Å². The standard InChI is InChI=1S/C16H21N3O2/c1-11-14(12(2)19-18-11)9-15(21)17-16(3,10-20)13-7-5-4-6-8-13/h4-8,20H,9-10H2,1-3H3,(H,17,21)(H,18,19). The largest absolute Gasteiger partial charge is 0.394 e. The van der Waals surface area contributed by atoms with Gasteiger partial charge in [-0.3, -0.25) is 9.89 Å². The number of aliphatic hydroxyl groups is 1. The maximum absolute atomic E-state index is 12.3. The minimum Gasteiger partial charge on any atom is -0.394 e. The zero-order chi connectivity index (χ0) is 15.5. The zero-order valence-electron chi connectivity index (χ0n) is 12.6. The summed E-state index contributed by atoms with van der Waals surface area (Å²) in [5.41, 5.74) is 2.72. The minimum atomic E-state index is -0.788. The lowest BCUT2D eigenvalue weighted by Gasteiger charge is -2.29. The van der Waals surface area contributed by atoms with Gasteiger partial charge in [0.1, 0.15) is 0 Å². The number of aromatic nitrogens is 2. The van der Waals surface area contributed by atoms with Gasteiger partial charge in [-0.1, -0.05) is 30.3 Å². The van der Waals surface area contributed by atoms with E-state index < -0.39 is 5.54 Å². The molecular weight excluding hydrogens is 266 g/mol. The number of rotatable bonds is 5. The fourth-order valence-corrected chi connectivity index (χ4v) is 2.36. The van der Waals surface area contributed by atoms with E-state index in [1.54, 1.807) is 0 Å². The number of amides is 1. The smallest absolute Gasteiger partial charge is 0.225 e. The molecule has 0 aliphatic heterocycles. The molecule has 1 unspecified atom stereocenters. The van der Waals surface area contributed by atoms with Crippen LogP contribution < -0.4 is 5.32 Å². The van der Waals surface area contributed by atoms with E-state index in [0.717, 1.165) is 22.5 Å². The fraction of sp³-hybridized carbons (Fsp3) is 0.375. The first-order valence-electron chi connectivity index (χ1n) is 6.94. The maximum atomic E-state index is 12.3. The molecule has 0 radical (unpaired) electrons. The number of nitrogens with one attached hydrogen (secondary N) is 2. The van der Waals surface area contributed by atoms with Crippen molar-refractivity contribution in [2.75, 3.05) is 6.61 Å². The summed E-state index contributed by atoms with van der Waals surface area (Å²) >= 11 is 0. The quantitative estimate of drug-likeness (QED) is 0.781. The van der Waals surface area contributed by atoms with Crippen LogP contribution in [0.3, 0.4) is 0 Å². The van der Waals surface area contributed by atoms with Crippen LogP contribution in [0.15, 0.2) is 30.3 Å². The van der Waals surface area contributed by atoms with Crippen molar-refractivity contribution in [1.82, 2.24) is 15.5 Å². The van der Waals surface area contributed by atoms with E-state index in [9.17, 15) is 9.90 Å². The second-order valence-electron chi connectivity index (χ2n) is 5.49. The minimum absolute atomic E-state index is 0.136. The van der Waals surface area contributed by atoms with Gasteiger partial charge in [0.15, 0.2) is 0 Å². The summed E-state index contributed by atoms with van der Waals surface area (Å²) in [4.78, 5) is 12.3. The van der Waals surface area contributed by atoms with Gasteiger partial charge in [-0.2, -0.15) is 5.10 Å². The summed E-state index contributed by atoms with van der Waals surface area (Å²) in [6.45, 7) is 5.42. The fourth-order valence-electron chi connectivity index (χ4n) is 2.36. The number of hydrogen-bond donors (Lipinski definition) is 3. The first-order chi connectivity index (χ1) is 9.96. The Bertz CT molecular complexity index is 602. The Morgan fingerprint density at radius 3 is 2.52 bits per heavy atom. The molecule has 0 aliphatic rings. The van der Waals surface area contributed by atoms with Gasteiger partial charge in [-0.05, 0) is 26.3 Å². The highest BCUT2D eigenvalue weighted by Crippen LogP contribution is 2.20. The van der Waals surface area contributed by atoms with Gasteiger partial charge in [0, 0.05) is 11.3 Å². The van der Waals surface area contributed by atoms with Crippen molar-refractivity contribution >= 4 is 5.91 Å². The Hall–Kier alpha value is -2.14. The molecule has 5 heteroatoms. The van der Waals surface area contributed by atoms with Crippen LogP contribution in [0.1, 0.15) is 29.4 Å². The van der Waals surface area contributed by atoms with E-state index in [0.29, 0.717) is 0 Å². The molecule has 21 heavy (non-hydrogen) atoms. The van der Waals surface area contributed by atoms with Crippen LogP contribution in [0.4, 0.5) is 0 Å². The van der Waals surface area contributed by atoms with Crippen molar-refractivity contribution in [3.05, 3.63) is 52.8 Å². The molecule has 1 aromatic carbocycles. The van der Waals surface area contributed by atoms with Gasteiger partial charge in [0.05, 0.1) is 24.3 Å². The highest BCUT2D eigenvalue weighted by molar-refractivity contribution is 5.80. The third kappa shape index (κ3) is 3.31. The van der Waals surface area contributed by atoms with Crippen LogP contribution >= 0.6 is 0 Å². The van der Waals surface area contributed by atoms with Crippen LogP contribution in [-0.4, -0.2) is 27.8 Å². The van der Waals surface area contributed by atoms with Gasteiger partial charge in [-0.15, -0.1) is 0 Å². The van der Waals surface area contributed by atoms with E-state index in [1.165, 1.54) is 0 Å². The summed E-state index contributed by atoms with van der Waals surface area (Å²) < 4.78 is 0. The molecule has 1 atom stereocenters. The predicted octanol–water partition coefficient (Wildman–Crippen LogP) is 1.59. The molecule has 5 nitrogen and oxygen atoms in total. The van der Waals surface area contributed by atoms with Gasteiger partial charge in [0.2, 0.25) is 5.91 Å². The van der Waals surface area contributed by atoms with Gasteiger partial charge in [0.25, 0.3) is 0 Å². The molecular formula is C16H21N3O2. The summed E-state index contributed by atoms with van der Waals surface area (Å²) in [5.74, 6) is -0.136. The number of aromatic amines is 1. The Labute approximate surface area is 124 Å². The molecule has 1 heterocycles. The Morgan fingerprint density at radius 1 is 1.33 bits per heavy atom. The molecule has 0 bridgehead atoms. The number of aliphatic hydroxyl groups excluding tert-OH is 1. The van der Waals surface area contributed by atoms with E-state index in [1.807, 2.05) is 51.1 Å². The summed E-state index contributed by atoms with van der Waals surface area (Å²) in [6, 6.07) is 9.47. The number of H-pyrrole nitrogens is 1. The number of aryl methyl sites for hydroxylation is 2. The monoisotopic (exact) mass is 287 g/mol. The third-order valence-corrected chi connectivity index (χ3v) is 3.76. The number of carbonyl (C=O) groups is 1. The lowest BCUT2D eigenvalue weighted by atomic mass is 9.92. The molecule has 0 saturated carbocycles. The van der Waals surface area contributed by atoms with Crippen LogP contribution in [0, 0.1) is 13.8 Å². The van der Waals surface area contributed by atoms with Crippen LogP contribution in [0.2, 0.25) is 0 Å². The summed E-state index contributed by atoms with van der Waals surface area (Å²) in [5, 5.41) is 19.6. The van der Waals surface area contributed by atoms with E-state index in [2.05, 4.69) is 15.5 Å². The first kappa shape index (κ1) is 15.3. The highest BCUT2D eigenvalue weighted by atomic mass is 16.3. The third-order valence-electron chi connectivity index (χ3n) is 3.76. The molecule has 0 spiro atoms. The second-order valence-corrected chi connectivity index (χ2v) is 5.49. The molecule has 2 aromatic rings. The van der Waals surface area contributed by atoms with Crippen molar-refractivity contribution in [1.29, 1.82) is 0 Å².